The van der Waals surface area contributed by atoms with Crippen molar-refractivity contribution in [1.82, 2.24) is 9.97 Å². The molecule has 0 amide bonds. The van der Waals surface area contributed by atoms with Crippen LogP contribution in [-0.2, 0) is 12.8 Å². The summed E-state index contributed by atoms with van der Waals surface area (Å²) in [5.74, 6) is 0. The van der Waals surface area contributed by atoms with Gasteiger partial charge in [-0.05, 0) is 31.7 Å². The minimum absolute atomic E-state index is 0. The Labute approximate surface area is 98.7 Å². The molecule has 0 unspecified atom stereocenters. The van der Waals surface area contributed by atoms with Crippen molar-refractivity contribution in [3.8, 4) is 0 Å². The minimum atomic E-state index is -0.164. The van der Waals surface area contributed by atoms with Gasteiger partial charge in [-0.2, -0.15) is 0 Å². The van der Waals surface area contributed by atoms with E-state index in [-0.39, 0.29) is 18.0 Å². The van der Waals surface area contributed by atoms with Gasteiger partial charge in [-0.25, -0.2) is 0 Å². The van der Waals surface area contributed by atoms with Gasteiger partial charge in [0.25, 0.3) is 5.56 Å². The quantitative estimate of drug-likeness (QED) is 0.559. The van der Waals surface area contributed by atoms with Crippen LogP contribution in [-0.4, -0.2) is 23.1 Å². The molecule has 0 aliphatic heterocycles. The van der Waals surface area contributed by atoms with Gasteiger partial charge < -0.3 is 16.5 Å². The number of rotatable bonds is 4. The van der Waals surface area contributed by atoms with Crippen LogP contribution in [0.1, 0.15) is 11.3 Å². The first-order chi connectivity index (χ1) is 6.69. The average molecular weight is 251 g/mol. The number of aromatic amines is 2. The monoisotopic (exact) mass is 250 g/mol. The number of hydrogen-bond donors (Lipinski definition) is 4. The summed E-state index contributed by atoms with van der Waals surface area (Å²) in [6.45, 7) is 0.914. The lowest BCUT2D eigenvalue weighted by molar-refractivity contribution is 0.830. The molecule has 0 saturated heterocycles. The lowest BCUT2D eigenvalue weighted by atomic mass is 10.1. The third-order valence-electron chi connectivity index (χ3n) is 1.92. The normalized spacial score (nSPS) is 9.73. The Morgan fingerprint density at radius 1 is 1.13 bits per heavy atom. The Balaban J connectivity index is 0.00000196. The lowest BCUT2D eigenvalue weighted by Gasteiger charge is -2.05. The molecule has 0 radical (unpaired) electrons. The van der Waals surface area contributed by atoms with Crippen LogP contribution in [0.25, 0.3) is 0 Å². The number of nitrogens with two attached hydrogens (primary N) is 2. The van der Waals surface area contributed by atoms with E-state index in [4.69, 9.17) is 23.7 Å². The Kier molecular flexibility index (Phi) is 6.42. The maximum atomic E-state index is 11.5. The van der Waals surface area contributed by atoms with Gasteiger partial charge in [-0.1, -0.05) is 0 Å². The summed E-state index contributed by atoms with van der Waals surface area (Å²) in [6, 6.07) is 0. The van der Waals surface area contributed by atoms with Crippen molar-refractivity contribution in [2.24, 2.45) is 11.5 Å². The molecule has 0 aromatic carbocycles. The molecule has 0 bridgehead atoms. The van der Waals surface area contributed by atoms with Crippen LogP contribution in [0.5, 0.6) is 0 Å². The Morgan fingerprint density at radius 3 is 2.27 bits per heavy atom. The van der Waals surface area contributed by atoms with Gasteiger partial charge in [0.05, 0.1) is 0 Å². The Bertz CT molecular complexity index is 414. The fourth-order valence-electron chi connectivity index (χ4n) is 1.33. The van der Waals surface area contributed by atoms with Crippen LogP contribution in [0.3, 0.4) is 0 Å². The Morgan fingerprint density at radius 2 is 1.73 bits per heavy atom. The van der Waals surface area contributed by atoms with Crippen LogP contribution in [0.2, 0.25) is 0 Å². The summed E-state index contributed by atoms with van der Waals surface area (Å²) in [5, 5.41) is 0. The van der Waals surface area contributed by atoms with Crippen molar-refractivity contribution in [2.45, 2.75) is 12.8 Å². The molecule has 0 saturated carbocycles. The molecule has 0 spiro atoms. The molecule has 15 heavy (non-hydrogen) atoms. The number of H-pyrrole nitrogens is 2. The van der Waals surface area contributed by atoms with Crippen molar-refractivity contribution >= 4 is 24.6 Å². The lowest BCUT2D eigenvalue weighted by Crippen LogP contribution is -2.22. The number of hydrogen-bond acceptors (Lipinski definition) is 4. The third-order valence-corrected chi connectivity index (χ3v) is 2.12. The van der Waals surface area contributed by atoms with Gasteiger partial charge in [0, 0.05) is 17.7 Å². The highest BCUT2D eigenvalue weighted by Gasteiger charge is 2.06. The van der Waals surface area contributed by atoms with E-state index < -0.39 is 0 Å². The van der Waals surface area contributed by atoms with Crippen molar-refractivity contribution in [2.75, 3.05) is 13.1 Å². The topological polar surface area (TPSA) is 101 Å². The summed E-state index contributed by atoms with van der Waals surface area (Å²) in [4.78, 5) is 16.9. The van der Waals surface area contributed by atoms with E-state index in [1.807, 2.05) is 0 Å². The second kappa shape index (κ2) is 6.73. The average Bonchev–Trinajstić information content (AvgIpc) is 2.11. The summed E-state index contributed by atoms with van der Waals surface area (Å²) < 4.78 is 0.333. The van der Waals surface area contributed by atoms with Gasteiger partial charge in [0.2, 0.25) is 0 Å². The molecule has 1 rings (SSSR count). The fraction of sp³-hybridized carbons (Fsp3) is 0.500. The standard InChI is InChI=1S/C8H14N4OS.ClH/c9-3-1-5-6(2-4-10)11-8(14)12-7(5)13;/h1-4,9-10H2,(H2,11,12,13,14);1H. The first-order valence-electron chi connectivity index (χ1n) is 4.43. The minimum Gasteiger partial charge on any atom is -0.336 e. The molecular weight excluding hydrogens is 236 g/mol. The van der Waals surface area contributed by atoms with Crippen LogP contribution < -0.4 is 17.0 Å². The maximum absolute atomic E-state index is 11.5. The van der Waals surface area contributed by atoms with E-state index in [9.17, 15) is 4.79 Å². The smallest absolute Gasteiger partial charge is 0.255 e. The molecule has 1 aromatic heterocycles. The number of nitrogens with one attached hydrogen (secondary N) is 2. The zero-order valence-electron chi connectivity index (χ0n) is 8.21. The van der Waals surface area contributed by atoms with Crippen LogP contribution in [0, 0.1) is 4.77 Å². The molecule has 1 heterocycles. The van der Waals surface area contributed by atoms with Gasteiger partial charge in [-0.15, -0.1) is 12.4 Å². The van der Waals surface area contributed by atoms with E-state index in [0.29, 0.717) is 36.3 Å². The zero-order chi connectivity index (χ0) is 10.6. The van der Waals surface area contributed by atoms with E-state index >= 15 is 0 Å². The van der Waals surface area contributed by atoms with Gasteiger partial charge >= 0.3 is 0 Å². The summed E-state index contributed by atoms with van der Waals surface area (Å²) >= 11 is 4.86. The second-order valence-corrected chi connectivity index (χ2v) is 3.35. The van der Waals surface area contributed by atoms with Gasteiger partial charge in [0.15, 0.2) is 4.77 Å². The molecule has 0 fully saturated rings. The summed E-state index contributed by atoms with van der Waals surface area (Å²) in [7, 11) is 0. The first kappa shape index (κ1) is 14.3. The largest absolute Gasteiger partial charge is 0.336 e. The highest BCUT2D eigenvalue weighted by molar-refractivity contribution is 7.71. The molecule has 0 aliphatic rings. The van der Waals surface area contributed by atoms with Gasteiger partial charge in [-0.3, -0.25) is 9.78 Å². The van der Waals surface area contributed by atoms with Crippen molar-refractivity contribution in [1.29, 1.82) is 0 Å². The molecule has 1 aromatic rings. The third kappa shape index (κ3) is 3.75. The van der Waals surface area contributed by atoms with E-state index in [1.165, 1.54) is 0 Å². The highest BCUT2D eigenvalue weighted by atomic mass is 35.5. The predicted octanol–water partition coefficient (Wildman–Crippen LogP) is -0.143. The maximum Gasteiger partial charge on any atom is 0.255 e. The second-order valence-electron chi connectivity index (χ2n) is 2.94. The first-order valence-corrected chi connectivity index (χ1v) is 4.84. The Hall–Kier alpha value is -0.690. The fourth-order valence-corrected chi connectivity index (χ4v) is 1.54. The van der Waals surface area contributed by atoms with E-state index in [2.05, 4.69) is 9.97 Å². The molecule has 7 heteroatoms. The van der Waals surface area contributed by atoms with Crippen molar-refractivity contribution < 1.29 is 0 Å². The molecular formula is C8H15ClN4OS. The highest BCUT2D eigenvalue weighted by Crippen LogP contribution is 2.00. The molecule has 0 atom stereocenters. The zero-order valence-corrected chi connectivity index (χ0v) is 9.84. The van der Waals surface area contributed by atoms with Crippen molar-refractivity contribution in [3.05, 3.63) is 26.4 Å². The summed E-state index contributed by atoms with van der Waals surface area (Å²) in [6.07, 6.45) is 1.15. The number of aromatic nitrogens is 2. The molecule has 5 nitrogen and oxygen atoms in total. The van der Waals surface area contributed by atoms with E-state index in [0.717, 1.165) is 5.69 Å². The van der Waals surface area contributed by atoms with Crippen LogP contribution in [0.4, 0.5) is 0 Å². The summed E-state index contributed by atoms with van der Waals surface area (Å²) in [5.41, 5.74) is 12.1. The SMILES string of the molecule is Cl.NCCc1[nH]c(=S)[nH]c(=O)c1CCN. The van der Waals surface area contributed by atoms with Crippen LogP contribution >= 0.6 is 24.6 Å². The van der Waals surface area contributed by atoms with Crippen molar-refractivity contribution in [3.63, 3.8) is 0 Å². The van der Waals surface area contributed by atoms with E-state index in [1.54, 1.807) is 0 Å². The predicted molar refractivity (Wildman–Crippen MR) is 65.0 cm³/mol. The molecule has 86 valence electrons. The molecule has 6 N–H and O–H groups in total. The van der Waals surface area contributed by atoms with Crippen LogP contribution in [0.15, 0.2) is 4.79 Å². The van der Waals surface area contributed by atoms with Gasteiger partial charge in [0.1, 0.15) is 0 Å². The molecule has 0 aliphatic carbocycles. The number of halogens is 1.